The van der Waals surface area contributed by atoms with Gasteiger partial charge in [-0.2, -0.15) is 5.10 Å². The molecular formula is C16H23N3. The van der Waals surface area contributed by atoms with Crippen LogP contribution >= 0.6 is 0 Å². The molecule has 2 rings (SSSR count). The zero-order valence-electron chi connectivity index (χ0n) is 11.7. The van der Waals surface area contributed by atoms with E-state index in [0.717, 1.165) is 26.1 Å². The van der Waals surface area contributed by atoms with Crippen LogP contribution in [0.1, 0.15) is 30.9 Å². The van der Waals surface area contributed by atoms with Gasteiger partial charge in [0, 0.05) is 24.8 Å². The number of hydrogen-bond acceptors (Lipinski definition) is 2. The van der Waals surface area contributed by atoms with E-state index in [2.05, 4.69) is 58.5 Å². The van der Waals surface area contributed by atoms with Crippen LogP contribution in [0.4, 0.5) is 0 Å². The molecule has 0 aliphatic carbocycles. The fourth-order valence-corrected chi connectivity index (χ4v) is 2.14. The molecule has 1 N–H and O–H groups in total. The highest BCUT2D eigenvalue weighted by Crippen LogP contribution is 2.06. The van der Waals surface area contributed by atoms with Crippen molar-refractivity contribution in [1.29, 1.82) is 0 Å². The van der Waals surface area contributed by atoms with Crippen molar-refractivity contribution < 1.29 is 0 Å². The lowest BCUT2D eigenvalue weighted by Gasteiger charge is -2.02. The van der Waals surface area contributed by atoms with E-state index in [1.54, 1.807) is 0 Å². The Labute approximate surface area is 115 Å². The van der Waals surface area contributed by atoms with Crippen LogP contribution < -0.4 is 5.32 Å². The molecule has 3 heteroatoms. The van der Waals surface area contributed by atoms with E-state index in [1.807, 2.05) is 6.20 Å². The van der Waals surface area contributed by atoms with Crippen LogP contribution in [0.15, 0.2) is 42.7 Å². The van der Waals surface area contributed by atoms with Gasteiger partial charge in [0.05, 0.1) is 6.20 Å². The summed E-state index contributed by atoms with van der Waals surface area (Å²) in [5, 5.41) is 7.70. The number of nitrogens with one attached hydrogen (secondary N) is 1. The molecule has 3 nitrogen and oxygen atoms in total. The number of unbranched alkanes of at least 4 members (excludes halogenated alkanes) is 1. The second-order valence-corrected chi connectivity index (χ2v) is 4.83. The fraction of sp³-hybridized carbons (Fsp3) is 0.438. The van der Waals surface area contributed by atoms with Crippen molar-refractivity contribution in [2.75, 3.05) is 6.54 Å². The largest absolute Gasteiger partial charge is 0.313 e. The van der Waals surface area contributed by atoms with Crippen LogP contribution in [-0.2, 0) is 19.5 Å². The summed E-state index contributed by atoms with van der Waals surface area (Å²) in [6, 6.07) is 10.7. The Bertz CT molecular complexity index is 462. The van der Waals surface area contributed by atoms with E-state index in [0.29, 0.717) is 0 Å². The van der Waals surface area contributed by atoms with Gasteiger partial charge in [-0.1, -0.05) is 37.3 Å². The van der Waals surface area contributed by atoms with E-state index >= 15 is 0 Å². The third-order valence-electron chi connectivity index (χ3n) is 3.21. The Balaban J connectivity index is 1.66. The molecular weight excluding hydrogens is 234 g/mol. The van der Waals surface area contributed by atoms with Gasteiger partial charge in [-0.25, -0.2) is 0 Å². The van der Waals surface area contributed by atoms with Gasteiger partial charge in [0.15, 0.2) is 0 Å². The predicted molar refractivity (Wildman–Crippen MR) is 79.0 cm³/mol. The molecule has 1 aromatic heterocycles. The SMILES string of the molecule is CCNCc1cnn(CCCCc2ccccc2)c1. The topological polar surface area (TPSA) is 29.9 Å². The Kier molecular flexibility index (Phi) is 5.63. The van der Waals surface area contributed by atoms with E-state index in [1.165, 1.54) is 24.0 Å². The molecule has 0 amide bonds. The standard InChI is InChI=1S/C16H23N3/c1-2-17-12-16-13-18-19(14-16)11-7-6-10-15-8-4-3-5-9-15/h3-5,8-9,13-14,17H,2,6-7,10-12H2,1H3. The normalized spacial score (nSPS) is 10.8. The van der Waals surface area contributed by atoms with Crippen LogP contribution in [0.5, 0.6) is 0 Å². The number of hydrogen-bond donors (Lipinski definition) is 1. The third-order valence-corrected chi connectivity index (χ3v) is 3.21. The van der Waals surface area contributed by atoms with E-state index in [-0.39, 0.29) is 0 Å². The summed E-state index contributed by atoms with van der Waals surface area (Å²) in [4.78, 5) is 0. The summed E-state index contributed by atoms with van der Waals surface area (Å²) in [5.74, 6) is 0. The van der Waals surface area contributed by atoms with Gasteiger partial charge in [-0.05, 0) is 31.4 Å². The smallest absolute Gasteiger partial charge is 0.0534 e. The van der Waals surface area contributed by atoms with Gasteiger partial charge < -0.3 is 5.32 Å². The maximum absolute atomic E-state index is 4.39. The zero-order valence-corrected chi connectivity index (χ0v) is 11.7. The van der Waals surface area contributed by atoms with Crippen LogP contribution in [-0.4, -0.2) is 16.3 Å². The highest BCUT2D eigenvalue weighted by Gasteiger charge is 1.98. The van der Waals surface area contributed by atoms with E-state index in [4.69, 9.17) is 0 Å². The van der Waals surface area contributed by atoms with Gasteiger partial charge in [0.2, 0.25) is 0 Å². The summed E-state index contributed by atoms with van der Waals surface area (Å²) < 4.78 is 2.05. The quantitative estimate of drug-likeness (QED) is 0.737. The lowest BCUT2D eigenvalue weighted by molar-refractivity contribution is 0.557. The lowest BCUT2D eigenvalue weighted by Crippen LogP contribution is -2.11. The van der Waals surface area contributed by atoms with Crippen molar-refractivity contribution in [3.63, 3.8) is 0 Å². The first-order chi connectivity index (χ1) is 9.38. The van der Waals surface area contributed by atoms with Crippen molar-refractivity contribution in [3.8, 4) is 0 Å². The highest BCUT2D eigenvalue weighted by atomic mass is 15.3. The molecule has 0 unspecified atom stereocenters. The first-order valence-electron chi connectivity index (χ1n) is 7.14. The minimum absolute atomic E-state index is 0.917. The first kappa shape index (κ1) is 13.8. The van der Waals surface area contributed by atoms with Gasteiger partial charge >= 0.3 is 0 Å². The van der Waals surface area contributed by atoms with Gasteiger partial charge in [-0.15, -0.1) is 0 Å². The second kappa shape index (κ2) is 7.74. The fourth-order valence-electron chi connectivity index (χ4n) is 2.14. The first-order valence-corrected chi connectivity index (χ1v) is 7.14. The lowest BCUT2D eigenvalue weighted by atomic mass is 10.1. The maximum Gasteiger partial charge on any atom is 0.0534 e. The summed E-state index contributed by atoms with van der Waals surface area (Å²) in [7, 11) is 0. The molecule has 0 atom stereocenters. The third kappa shape index (κ3) is 4.87. The molecule has 1 heterocycles. The Hall–Kier alpha value is -1.61. The monoisotopic (exact) mass is 257 g/mol. The zero-order chi connectivity index (χ0) is 13.3. The number of aryl methyl sites for hydroxylation is 2. The Morgan fingerprint density at radius 3 is 2.74 bits per heavy atom. The number of nitrogens with zero attached hydrogens (tertiary/aromatic N) is 2. The molecule has 19 heavy (non-hydrogen) atoms. The number of rotatable bonds is 8. The number of aromatic nitrogens is 2. The Morgan fingerprint density at radius 2 is 1.95 bits per heavy atom. The second-order valence-electron chi connectivity index (χ2n) is 4.83. The Morgan fingerprint density at radius 1 is 1.11 bits per heavy atom. The highest BCUT2D eigenvalue weighted by molar-refractivity contribution is 5.14. The van der Waals surface area contributed by atoms with Crippen LogP contribution in [0.3, 0.4) is 0 Å². The number of benzene rings is 1. The van der Waals surface area contributed by atoms with Crippen molar-refractivity contribution in [2.24, 2.45) is 0 Å². The molecule has 0 radical (unpaired) electrons. The van der Waals surface area contributed by atoms with Gasteiger partial charge in [0.1, 0.15) is 0 Å². The van der Waals surface area contributed by atoms with Gasteiger partial charge in [-0.3, -0.25) is 4.68 Å². The molecule has 0 fully saturated rings. The van der Waals surface area contributed by atoms with E-state index < -0.39 is 0 Å². The molecule has 0 aliphatic heterocycles. The summed E-state index contributed by atoms with van der Waals surface area (Å²) in [6.45, 7) is 5.05. The molecule has 0 spiro atoms. The predicted octanol–water partition coefficient (Wildman–Crippen LogP) is 3.02. The van der Waals surface area contributed by atoms with Crippen molar-refractivity contribution in [1.82, 2.24) is 15.1 Å². The summed E-state index contributed by atoms with van der Waals surface area (Å²) in [6.07, 6.45) is 7.65. The maximum atomic E-state index is 4.39. The minimum atomic E-state index is 0.917. The average molecular weight is 257 g/mol. The minimum Gasteiger partial charge on any atom is -0.313 e. The van der Waals surface area contributed by atoms with Crippen molar-refractivity contribution in [2.45, 2.75) is 39.3 Å². The average Bonchev–Trinajstić information content (AvgIpc) is 2.90. The summed E-state index contributed by atoms with van der Waals surface area (Å²) >= 11 is 0. The van der Waals surface area contributed by atoms with Crippen LogP contribution in [0, 0.1) is 0 Å². The van der Waals surface area contributed by atoms with Crippen molar-refractivity contribution in [3.05, 3.63) is 53.9 Å². The molecule has 0 saturated carbocycles. The van der Waals surface area contributed by atoms with E-state index in [9.17, 15) is 0 Å². The molecule has 0 bridgehead atoms. The molecule has 1 aromatic carbocycles. The molecule has 0 aliphatic rings. The molecule has 102 valence electrons. The molecule has 0 saturated heterocycles. The van der Waals surface area contributed by atoms with Gasteiger partial charge in [0.25, 0.3) is 0 Å². The summed E-state index contributed by atoms with van der Waals surface area (Å²) in [5.41, 5.74) is 2.70. The molecule has 2 aromatic rings. The van der Waals surface area contributed by atoms with Crippen LogP contribution in [0.25, 0.3) is 0 Å². The van der Waals surface area contributed by atoms with Crippen LogP contribution in [0.2, 0.25) is 0 Å². The van der Waals surface area contributed by atoms with Crippen molar-refractivity contribution >= 4 is 0 Å².